The largest absolute Gasteiger partial charge is 0.462 e. The number of esters is 1. The van der Waals surface area contributed by atoms with Gasteiger partial charge in [0.25, 0.3) is 0 Å². The molecule has 0 unspecified atom stereocenters. The molecule has 0 aromatic heterocycles. The molecule has 0 N–H and O–H groups in total. The molecule has 0 atom stereocenters. The second-order valence-corrected chi connectivity index (χ2v) is 4.92. The highest BCUT2D eigenvalue weighted by Gasteiger charge is 2.46. The molecule has 1 aromatic carbocycles. The lowest BCUT2D eigenvalue weighted by Crippen LogP contribution is -2.22. The Balaban J connectivity index is 3.04. The third-order valence-corrected chi connectivity index (χ3v) is 3.10. The van der Waals surface area contributed by atoms with Gasteiger partial charge in [-0.1, -0.05) is 32.3 Å². The zero-order valence-electron chi connectivity index (χ0n) is 12.4. The molecule has 1 aromatic rings. The van der Waals surface area contributed by atoms with Crippen molar-refractivity contribution >= 4 is 5.97 Å². The Morgan fingerprint density at radius 3 is 2.17 bits per heavy atom. The molecule has 0 amide bonds. The number of hydrogen-bond acceptors (Lipinski definition) is 2. The van der Waals surface area contributed by atoms with Crippen LogP contribution in [0.3, 0.4) is 0 Å². The topological polar surface area (TPSA) is 26.3 Å². The van der Waals surface area contributed by atoms with Crippen molar-refractivity contribution in [3.63, 3.8) is 0 Å². The molecule has 0 radical (unpaired) electrons. The van der Waals surface area contributed by atoms with E-state index in [2.05, 4.69) is 4.74 Å². The van der Waals surface area contributed by atoms with E-state index >= 15 is 0 Å². The van der Waals surface area contributed by atoms with Gasteiger partial charge in [-0.3, -0.25) is 0 Å². The Labute approximate surface area is 129 Å². The van der Waals surface area contributed by atoms with E-state index in [0.29, 0.717) is 18.6 Å². The van der Waals surface area contributed by atoms with Crippen molar-refractivity contribution in [3.8, 4) is 0 Å². The SMILES string of the molecule is CCCCCCOC(=O)c1cccc(C(F)(F)F)c1C(F)(F)F. The first-order valence-electron chi connectivity index (χ1n) is 7.03. The minimum Gasteiger partial charge on any atom is -0.462 e. The first-order valence-corrected chi connectivity index (χ1v) is 7.03. The lowest BCUT2D eigenvalue weighted by Gasteiger charge is -2.18. The van der Waals surface area contributed by atoms with Crippen molar-refractivity contribution < 1.29 is 35.9 Å². The maximum atomic E-state index is 13.0. The Hall–Kier alpha value is -1.73. The molecule has 0 aliphatic heterocycles. The highest BCUT2D eigenvalue weighted by molar-refractivity contribution is 5.91. The predicted octanol–water partition coefficient (Wildman–Crippen LogP) is 5.46. The summed E-state index contributed by atoms with van der Waals surface area (Å²) >= 11 is 0. The molecule has 23 heavy (non-hydrogen) atoms. The smallest absolute Gasteiger partial charge is 0.417 e. The third-order valence-electron chi connectivity index (χ3n) is 3.10. The van der Waals surface area contributed by atoms with Crippen molar-refractivity contribution in [2.75, 3.05) is 6.61 Å². The van der Waals surface area contributed by atoms with Gasteiger partial charge in [-0.25, -0.2) is 4.79 Å². The Bertz CT molecular complexity index is 534. The summed E-state index contributed by atoms with van der Waals surface area (Å²) in [5.74, 6) is -1.40. The zero-order valence-corrected chi connectivity index (χ0v) is 12.4. The number of rotatable bonds is 6. The Morgan fingerprint density at radius 2 is 1.65 bits per heavy atom. The number of ether oxygens (including phenoxy) is 1. The molecular weight excluding hydrogens is 326 g/mol. The summed E-state index contributed by atoms with van der Waals surface area (Å²) in [5.41, 5.74) is -5.03. The summed E-state index contributed by atoms with van der Waals surface area (Å²) < 4.78 is 81.9. The molecule has 0 aliphatic rings. The first kappa shape index (κ1) is 19.3. The van der Waals surface area contributed by atoms with E-state index in [-0.39, 0.29) is 6.61 Å². The summed E-state index contributed by atoms with van der Waals surface area (Å²) in [6, 6.07) is 1.74. The number of halogens is 6. The third kappa shape index (κ3) is 5.44. The Kier molecular flexibility index (Phi) is 6.47. The van der Waals surface area contributed by atoms with Crippen LogP contribution in [0.1, 0.15) is 54.1 Å². The van der Waals surface area contributed by atoms with E-state index in [1.165, 1.54) is 0 Å². The van der Waals surface area contributed by atoms with Crippen LogP contribution < -0.4 is 0 Å². The van der Waals surface area contributed by atoms with Gasteiger partial charge in [0.05, 0.1) is 23.3 Å². The Morgan fingerprint density at radius 1 is 1.00 bits per heavy atom. The molecule has 0 spiro atoms. The molecule has 0 saturated heterocycles. The van der Waals surface area contributed by atoms with Crippen molar-refractivity contribution in [2.45, 2.75) is 45.0 Å². The number of benzene rings is 1. The maximum absolute atomic E-state index is 13.0. The number of hydrogen-bond donors (Lipinski definition) is 0. The minimum absolute atomic E-state index is 0.133. The molecule has 0 saturated carbocycles. The highest BCUT2D eigenvalue weighted by Crippen LogP contribution is 2.42. The van der Waals surface area contributed by atoms with Crippen LogP contribution in [0.15, 0.2) is 18.2 Å². The second-order valence-electron chi connectivity index (χ2n) is 4.92. The van der Waals surface area contributed by atoms with Crippen molar-refractivity contribution in [2.24, 2.45) is 0 Å². The maximum Gasteiger partial charge on any atom is 0.417 e. The van der Waals surface area contributed by atoms with Crippen LogP contribution >= 0.6 is 0 Å². The van der Waals surface area contributed by atoms with Crippen LogP contribution in [-0.4, -0.2) is 12.6 Å². The van der Waals surface area contributed by atoms with Crippen LogP contribution in [0.5, 0.6) is 0 Å². The number of unbranched alkanes of at least 4 members (excludes halogenated alkanes) is 3. The summed E-state index contributed by atoms with van der Waals surface area (Å²) in [6.07, 6.45) is -7.59. The van der Waals surface area contributed by atoms with Crippen molar-refractivity contribution in [3.05, 3.63) is 34.9 Å². The van der Waals surface area contributed by atoms with E-state index < -0.39 is 35.0 Å². The molecule has 0 bridgehead atoms. The molecule has 8 heteroatoms. The fourth-order valence-corrected chi connectivity index (χ4v) is 2.04. The van der Waals surface area contributed by atoms with Gasteiger partial charge in [0.15, 0.2) is 0 Å². The summed E-state index contributed by atoms with van der Waals surface area (Å²) in [4.78, 5) is 11.7. The van der Waals surface area contributed by atoms with Gasteiger partial charge in [-0.15, -0.1) is 0 Å². The summed E-state index contributed by atoms with van der Waals surface area (Å²) in [5, 5.41) is 0. The van der Waals surface area contributed by atoms with E-state index in [9.17, 15) is 31.1 Å². The van der Waals surface area contributed by atoms with Crippen LogP contribution in [0.25, 0.3) is 0 Å². The quantitative estimate of drug-likeness (QED) is 0.390. The molecule has 130 valence electrons. The number of carbonyl (C=O) groups excluding carboxylic acids is 1. The first-order chi connectivity index (χ1) is 10.6. The van der Waals surface area contributed by atoms with Crippen LogP contribution in [0.2, 0.25) is 0 Å². The van der Waals surface area contributed by atoms with E-state index in [1.54, 1.807) is 0 Å². The standard InChI is InChI=1S/C15H16F6O2/c1-2-3-4-5-9-23-13(22)10-7-6-8-11(14(16,17)18)12(10)15(19,20)21/h6-8H,2-5,9H2,1H3. The molecule has 1 rings (SSSR count). The zero-order chi connectivity index (χ0) is 17.7. The average Bonchev–Trinajstić information content (AvgIpc) is 2.44. The fraction of sp³-hybridized carbons (Fsp3) is 0.533. The van der Waals surface area contributed by atoms with Crippen LogP contribution in [0, 0.1) is 0 Å². The summed E-state index contributed by atoms with van der Waals surface area (Å²) in [6.45, 7) is 1.82. The van der Waals surface area contributed by atoms with E-state index in [4.69, 9.17) is 0 Å². The van der Waals surface area contributed by atoms with Gasteiger partial charge < -0.3 is 4.74 Å². The van der Waals surface area contributed by atoms with E-state index in [0.717, 1.165) is 25.3 Å². The van der Waals surface area contributed by atoms with Gasteiger partial charge in [0, 0.05) is 0 Å². The lowest BCUT2D eigenvalue weighted by atomic mass is 10.00. The van der Waals surface area contributed by atoms with Gasteiger partial charge in [-0.2, -0.15) is 26.3 Å². The highest BCUT2D eigenvalue weighted by atomic mass is 19.4. The van der Waals surface area contributed by atoms with Crippen molar-refractivity contribution in [1.29, 1.82) is 0 Å². The summed E-state index contributed by atoms with van der Waals surface area (Å²) in [7, 11) is 0. The molecule has 2 nitrogen and oxygen atoms in total. The van der Waals surface area contributed by atoms with Crippen LogP contribution in [0.4, 0.5) is 26.3 Å². The molecule has 0 aliphatic carbocycles. The molecule has 0 heterocycles. The number of alkyl halides is 6. The van der Waals surface area contributed by atoms with Crippen LogP contribution in [-0.2, 0) is 17.1 Å². The van der Waals surface area contributed by atoms with Gasteiger partial charge in [0.1, 0.15) is 0 Å². The average molecular weight is 342 g/mol. The van der Waals surface area contributed by atoms with Gasteiger partial charge in [-0.05, 0) is 18.6 Å². The predicted molar refractivity (Wildman–Crippen MR) is 70.9 cm³/mol. The molecular formula is C15H16F6O2. The number of carbonyl (C=O) groups is 1. The van der Waals surface area contributed by atoms with Crippen molar-refractivity contribution in [1.82, 2.24) is 0 Å². The second kappa shape index (κ2) is 7.70. The lowest BCUT2D eigenvalue weighted by molar-refractivity contribution is -0.162. The van der Waals surface area contributed by atoms with E-state index in [1.807, 2.05) is 6.92 Å². The van der Waals surface area contributed by atoms with Gasteiger partial charge >= 0.3 is 18.3 Å². The normalized spacial score (nSPS) is 12.3. The molecule has 0 fully saturated rings. The van der Waals surface area contributed by atoms with Gasteiger partial charge in [0.2, 0.25) is 0 Å². The fourth-order valence-electron chi connectivity index (χ4n) is 2.04. The monoisotopic (exact) mass is 342 g/mol. The minimum atomic E-state index is -5.32.